The number of fused-ring (bicyclic) bond motifs is 2. The van der Waals surface area contributed by atoms with Crippen LogP contribution < -0.4 is 10.1 Å². The molecule has 0 spiro atoms. The summed E-state index contributed by atoms with van der Waals surface area (Å²) in [4.78, 5) is 32.7. The van der Waals surface area contributed by atoms with Gasteiger partial charge in [0.2, 0.25) is 0 Å². The molecular weight excluding hydrogens is 472 g/mol. The van der Waals surface area contributed by atoms with Gasteiger partial charge in [0.25, 0.3) is 5.91 Å². The van der Waals surface area contributed by atoms with Gasteiger partial charge in [-0.25, -0.2) is 9.78 Å². The number of thiophene rings is 1. The van der Waals surface area contributed by atoms with Gasteiger partial charge < -0.3 is 14.8 Å². The molecule has 7 heteroatoms. The van der Waals surface area contributed by atoms with Gasteiger partial charge in [-0.15, -0.1) is 11.3 Å². The summed E-state index contributed by atoms with van der Waals surface area (Å²) in [5, 5.41) is 4.38. The van der Waals surface area contributed by atoms with Gasteiger partial charge >= 0.3 is 5.97 Å². The molecule has 4 aromatic rings. The van der Waals surface area contributed by atoms with Gasteiger partial charge in [0.1, 0.15) is 10.8 Å². The molecule has 0 aliphatic heterocycles. The molecular formula is C29H28N2O4S. The topological polar surface area (TPSA) is 77.5 Å². The molecule has 36 heavy (non-hydrogen) atoms. The van der Waals surface area contributed by atoms with Gasteiger partial charge in [-0.05, 0) is 74.1 Å². The van der Waals surface area contributed by atoms with E-state index >= 15 is 0 Å². The fourth-order valence-corrected chi connectivity index (χ4v) is 5.85. The summed E-state index contributed by atoms with van der Waals surface area (Å²) in [5.41, 5.74) is 4.35. The fraction of sp³-hybridized carbons (Fsp3) is 0.276. The number of para-hydroxylation sites is 1. The lowest BCUT2D eigenvalue weighted by atomic mass is 9.95. The van der Waals surface area contributed by atoms with Crippen LogP contribution in [0.1, 0.15) is 57.3 Å². The lowest BCUT2D eigenvalue weighted by Gasteiger charge is -2.13. The lowest BCUT2D eigenvalue weighted by Crippen LogP contribution is -2.16. The largest absolute Gasteiger partial charge is 0.497 e. The second-order valence-corrected chi connectivity index (χ2v) is 9.91. The molecule has 0 unspecified atom stereocenters. The highest BCUT2D eigenvalue weighted by Crippen LogP contribution is 2.39. The van der Waals surface area contributed by atoms with Crippen LogP contribution in [-0.4, -0.2) is 30.6 Å². The molecule has 6 nitrogen and oxygen atoms in total. The van der Waals surface area contributed by atoms with Crippen molar-refractivity contribution in [3.63, 3.8) is 0 Å². The van der Waals surface area contributed by atoms with Crippen molar-refractivity contribution in [2.75, 3.05) is 19.0 Å². The molecule has 0 bridgehead atoms. The minimum Gasteiger partial charge on any atom is -0.497 e. The van der Waals surface area contributed by atoms with E-state index in [0.29, 0.717) is 28.4 Å². The molecule has 1 aliphatic carbocycles. The number of hydrogen-bond donors (Lipinski definition) is 1. The van der Waals surface area contributed by atoms with Gasteiger partial charge in [-0.1, -0.05) is 25.1 Å². The first-order chi connectivity index (χ1) is 17.6. The molecule has 1 N–H and O–H groups in total. The normalized spacial score (nSPS) is 12.7. The number of methoxy groups -OCH3 is 1. The van der Waals surface area contributed by atoms with E-state index < -0.39 is 0 Å². The molecule has 1 amide bonds. The van der Waals surface area contributed by atoms with E-state index in [9.17, 15) is 9.59 Å². The number of carbonyl (C=O) groups excluding carboxylic acids is 2. The summed E-state index contributed by atoms with van der Waals surface area (Å²) in [5.74, 6) is 0.123. The number of benzene rings is 2. The first-order valence-electron chi connectivity index (χ1n) is 12.3. The van der Waals surface area contributed by atoms with Crippen molar-refractivity contribution in [2.45, 2.75) is 39.0 Å². The Kier molecular flexibility index (Phi) is 7.00. The third kappa shape index (κ3) is 4.71. The number of aryl methyl sites for hydroxylation is 1. The molecule has 0 radical (unpaired) electrons. The van der Waals surface area contributed by atoms with Gasteiger partial charge in [-0.2, -0.15) is 0 Å². The predicted molar refractivity (Wildman–Crippen MR) is 143 cm³/mol. The number of carbonyl (C=O) groups is 2. The van der Waals surface area contributed by atoms with Crippen LogP contribution >= 0.6 is 11.3 Å². The maximum absolute atomic E-state index is 13.7. The van der Waals surface area contributed by atoms with Crippen molar-refractivity contribution in [3.05, 3.63) is 76.2 Å². The number of nitrogens with zero attached hydrogens (tertiary/aromatic N) is 1. The monoisotopic (exact) mass is 500 g/mol. The predicted octanol–water partition coefficient (Wildman–Crippen LogP) is 6.67. The molecule has 0 atom stereocenters. The van der Waals surface area contributed by atoms with E-state index in [1.807, 2.05) is 61.5 Å². The van der Waals surface area contributed by atoms with Crippen molar-refractivity contribution in [3.8, 4) is 17.0 Å². The highest BCUT2D eigenvalue weighted by atomic mass is 32.1. The van der Waals surface area contributed by atoms with E-state index in [0.717, 1.165) is 59.9 Å². The number of hydrogen-bond acceptors (Lipinski definition) is 6. The van der Waals surface area contributed by atoms with Gasteiger partial charge in [0.05, 0.1) is 36.1 Å². The second kappa shape index (κ2) is 10.5. The Balaban J connectivity index is 1.54. The van der Waals surface area contributed by atoms with Crippen molar-refractivity contribution in [2.24, 2.45) is 0 Å². The highest BCUT2D eigenvalue weighted by molar-refractivity contribution is 7.17. The average molecular weight is 501 g/mol. The number of pyridine rings is 1. The quantitative estimate of drug-likeness (QED) is 0.287. The Bertz CT molecular complexity index is 1430. The molecule has 184 valence electrons. The standard InChI is InChI=1S/C29H28N2O4S/c1-3-16-35-29(33)26-21-9-5-7-11-25(21)36-28(26)31-27(32)22-17-24(18-12-14-19(34-2)15-13-18)30-23-10-6-4-8-20(22)23/h4,6,8,10,12-15,17H,3,5,7,9,11,16H2,1-2H3,(H,31,32). The van der Waals surface area contributed by atoms with E-state index in [1.54, 1.807) is 7.11 Å². The number of anilines is 1. The average Bonchev–Trinajstić information content (AvgIpc) is 3.28. The zero-order valence-electron chi connectivity index (χ0n) is 20.4. The van der Waals surface area contributed by atoms with Crippen LogP contribution in [0, 0.1) is 0 Å². The Morgan fingerprint density at radius 2 is 1.83 bits per heavy atom. The van der Waals surface area contributed by atoms with Crippen molar-refractivity contribution in [1.82, 2.24) is 4.98 Å². The summed E-state index contributed by atoms with van der Waals surface area (Å²) in [6.07, 6.45) is 4.62. The summed E-state index contributed by atoms with van der Waals surface area (Å²) >= 11 is 1.49. The van der Waals surface area contributed by atoms with Crippen molar-refractivity contribution in [1.29, 1.82) is 0 Å². The van der Waals surface area contributed by atoms with Crippen LogP contribution in [0.3, 0.4) is 0 Å². The summed E-state index contributed by atoms with van der Waals surface area (Å²) in [6.45, 7) is 2.32. The molecule has 2 aromatic carbocycles. The second-order valence-electron chi connectivity index (χ2n) is 8.81. The first kappa shape index (κ1) is 24.0. The van der Waals surface area contributed by atoms with E-state index in [2.05, 4.69) is 5.32 Å². The Morgan fingerprint density at radius 1 is 1.06 bits per heavy atom. The molecule has 0 saturated carbocycles. The Morgan fingerprint density at radius 3 is 2.61 bits per heavy atom. The van der Waals surface area contributed by atoms with Crippen LogP contribution in [0.4, 0.5) is 5.00 Å². The Labute approximate surface area is 214 Å². The van der Waals surface area contributed by atoms with E-state index in [4.69, 9.17) is 14.5 Å². The number of nitrogens with one attached hydrogen (secondary N) is 1. The minimum atomic E-state index is -0.356. The van der Waals surface area contributed by atoms with Crippen LogP contribution in [0.25, 0.3) is 22.2 Å². The maximum atomic E-state index is 13.7. The van der Waals surface area contributed by atoms with Crippen LogP contribution in [0.15, 0.2) is 54.6 Å². The first-order valence-corrected chi connectivity index (χ1v) is 13.1. The molecule has 2 aromatic heterocycles. The number of ether oxygens (including phenoxy) is 2. The number of rotatable bonds is 7. The van der Waals surface area contributed by atoms with E-state index in [-0.39, 0.29) is 11.9 Å². The number of aromatic nitrogens is 1. The third-order valence-corrected chi connectivity index (χ3v) is 7.59. The highest BCUT2D eigenvalue weighted by Gasteiger charge is 2.28. The summed E-state index contributed by atoms with van der Waals surface area (Å²) in [6, 6.07) is 17.0. The molecule has 0 saturated heterocycles. The van der Waals surface area contributed by atoms with Gasteiger partial charge in [-0.3, -0.25) is 4.79 Å². The third-order valence-electron chi connectivity index (χ3n) is 6.39. The molecule has 1 aliphatic rings. The molecule has 0 fully saturated rings. The molecule has 2 heterocycles. The summed E-state index contributed by atoms with van der Waals surface area (Å²) < 4.78 is 10.8. The number of esters is 1. The van der Waals surface area contributed by atoms with Gasteiger partial charge in [0, 0.05) is 15.8 Å². The van der Waals surface area contributed by atoms with Crippen LogP contribution in [0.5, 0.6) is 5.75 Å². The lowest BCUT2D eigenvalue weighted by molar-refractivity contribution is 0.0505. The van der Waals surface area contributed by atoms with Crippen LogP contribution in [-0.2, 0) is 17.6 Å². The molecule has 5 rings (SSSR count). The Hall–Kier alpha value is -3.71. The summed E-state index contributed by atoms with van der Waals surface area (Å²) in [7, 11) is 1.63. The smallest absolute Gasteiger partial charge is 0.341 e. The zero-order chi connectivity index (χ0) is 25.1. The van der Waals surface area contributed by atoms with E-state index in [1.165, 1.54) is 16.2 Å². The van der Waals surface area contributed by atoms with Crippen molar-refractivity contribution < 1.29 is 19.1 Å². The SMILES string of the molecule is CCCOC(=O)c1c(NC(=O)c2cc(-c3ccc(OC)cc3)nc3ccccc23)sc2c1CCCC2. The number of amides is 1. The van der Waals surface area contributed by atoms with Crippen molar-refractivity contribution >= 4 is 39.1 Å². The zero-order valence-corrected chi connectivity index (χ0v) is 21.2. The van der Waals surface area contributed by atoms with Crippen LogP contribution in [0.2, 0.25) is 0 Å². The van der Waals surface area contributed by atoms with Gasteiger partial charge in [0.15, 0.2) is 0 Å². The minimum absolute atomic E-state index is 0.272. The fourth-order valence-electron chi connectivity index (χ4n) is 4.58. The maximum Gasteiger partial charge on any atom is 0.341 e.